The molecule has 0 aliphatic rings. The summed E-state index contributed by atoms with van der Waals surface area (Å²) < 4.78 is 5.07. The van der Waals surface area contributed by atoms with Crippen molar-refractivity contribution < 1.29 is 19.4 Å². The molecule has 0 aromatic rings. The minimum Gasteiger partial charge on any atom is -0.480 e. The van der Waals surface area contributed by atoms with Gasteiger partial charge in [-0.2, -0.15) is 0 Å². The van der Waals surface area contributed by atoms with E-state index in [1.54, 1.807) is 20.8 Å². The van der Waals surface area contributed by atoms with Crippen molar-refractivity contribution in [2.75, 3.05) is 0 Å². The number of rotatable bonds is 6. The summed E-state index contributed by atoms with van der Waals surface area (Å²) in [6.45, 7) is 6.63. The van der Waals surface area contributed by atoms with Gasteiger partial charge in [0, 0.05) is 6.42 Å². The van der Waals surface area contributed by atoms with Gasteiger partial charge in [-0.25, -0.2) is 9.59 Å². The fourth-order valence-electron chi connectivity index (χ4n) is 1.46. The fraction of sp³-hybridized carbons (Fsp3) is 0.714. The second kappa shape index (κ2) is 7.03. The van der Waals surface area contributed by atoms with Gasteiger partial charge in [0.1, 0.15) is 11.1 Å². The number of nitrogens with one attached hydrogen (secondary N) is 1. The third-order valence-corrected chi connectivity index (χ3v) is 2.50. The summed E-state index contributed by atoms with van der Waals surface area (Å²) >= 11 is 0. The molecule has 0 heterocycles. The average Bonchev–Trinajstić information content (AvgIpc) is 2.21. The van der Waals surface area contributed by atoms with Crippen LogP contribution in [0.2, 0.25) is 0 Å². The van der Waals surface area contributed by atoms with Gasteiger partial charge in [-0.3, -0.25) is 0 Å². The number of terminal acetylenes is 1. The van der Waals surface area contributed by atoms with Gasteiger partial charge in [0.15, 0.2) is 0 Å². The average molecular weight is 269 g/mol. The normalized spacial score (nSPS) is 14.1. The van der Waals surface area contributed by atoms with Crippen LogP contribution < -0.4 is 5.32 Å². The number of carboxylic acid groups (broad SMARTS) is 1. The molecule has 5 nitrogen and oxygen atoms in total. The van der Waals surface area contributed by atoms with Gasteiger partial charge in [0.25, 0.3) is 0 Å². The van der Waals surface area contributed by atoms with Crippen LogP contribution in [-0.2, 0) is 9.53 Å². The molecule has 1 amide bonds. The van der Waals surface area contributed by atoms with Crippen molar-refractivity contribution in [2.45, 2.75) is 64.5 Å². The van der Waals surface area contributed by atoms with Gasteiger partial charge in [0.05, 0.1) is 0 Å². The first kappa shape index (κ1) is 17.3. The zero-order valence-corrected chi connectivity index (χ0v) is 12.1. The van der Waals surface area contributed by atoms with Crippen molar-refractivity contribution in [2.24, 2.45) is 0 Å². The van der Waals surface area contributed by atoms with E-state index in [2.05, 4.69) is 11.2 Å². The number of carbonyl (C=O) groups excluding carboxylic acids is 1. The summed E-state index contributed by atoms with van der Waals surface area (Å²) in [5, 5.41) is 11.6. The van der Waals surface area contributed by atoms with Crippen molar-refractivity contribution >= 4 is 12.1 Å². The lowest BCUT2D eigenvalue weighted by Gasteiger charge is -2.28. The molecule has 0 unspecified atom stereocenters. The molecule has 0 saturated carbocycles. The lowest BCUT2D eigenvalue weighted by molar-refractivity contribution is -0.144. The molecule has 2 N–H and O–H groups in total. The molecule has 0 saturated heterocycles. The summed E-state index contributed by atoms with van der Waals surface area (Å²) in [5.41, 5.74) is -2.00. The Bertz CT molecular complexity index is 365. The Hall–Kier alpha value is -1.70. The van der Waals surface area contributed by atoms with E-state index in [0.717, 1.165) is 6.42 Å². The molecule has 108 valence electrons. The van der Waals surface area contributed by atoms with Crippen LogP contribution in [-0.4, -0.2) is 28.3 Å². The predicted octanol–water partition coefficient (Wildman–Crippen LogP) is 2.55. The van der Waals surface area contributed by atoms with E-state index in [1.165, 1.54) is 6.92 Å². The summed E-state index contributed by atoms with van der Waals surface area (Å²) in [6, 6.07) is 0. The fourth-order valence-corrected chi connectivity index (χ4v) is 1.46. The van der Waals surface area contributed by atoms with E-state index in [1.807, 2.05) is 0 Å². The molecule has 0 aromatic carbocycles. The minimum absolute atomic E-state index is 0.309. The van der Waals surface area contributed by atoms with Crippen LogP contribution >= 0.6 is 0 Å². The SMILES string of the molecule is C#CCCCC[C@@](C)(NC(=O)OC(C)(C)C)C(=O)O. The van der Waals surface area contributed by atoms with Gasteiger partial charge >= 0.3 is 12.1 Å². The predicted molar refractivity (Wildman–Crippen MR) is 72.7 cm³/mol. The highest BCUT2D eigenvalue weighted by Gasteiger charge is 2.35. The van der Waals surface area contributed by atoms with Crippen molar-refractivity contribution in [3.63, 3.8) is 0 Å². The summed E-state index contributed by atoms with van der Waals surface area (Å²) in [5.74, 6) is 1.41. The number of carbonyl (C=O) groups is 2. The highest BCUT2D eigenvalue weighted by molar-refractivity contribution is 5.83. The molecule has 0 aliphatic heterocycles. The molecule has 0 aliphatic carbocycles. The maximum atomic E-state index is 11.6. The van der Waals surface area contributed by atoms with Crippen LogP contribution in [0.3, 0.4) is 0 Å². The van der Waals surface area contributed by atoms with E-state index in [-0.39, 0.29) is 0 Å². The lowest BCUT2D eigenvalue weighted by atomic mass is 9.94. The number of carboxylic acids is 1. The number of alkyl carbamates (subject to hydrolysis) is 1. The topological polar surface area (TPSA) is 75.6 Å². The van der Waals surface area contributed by atoms with Crippen LogP contribution in [0.25, 0.3) is 0 Å². The molecule has 0 rings (SSSR count). The third-order valence-electron chi connectivity index (χ3n) is 2.50. The molecule has 0 bridgehead atoms. The number of unbranched alkanes of at least 4 members (excludes halogenated alkanes) is 2. The first-order chi connectivity index (χ1) is 8.60. The molecule has 0 radical (unpaired) electrons. The van der Waals surface area contributed by atoms with Crippen molar-refractivity contribution in [3.8, 4) is 12.3 Å². The van der Waals surface area contributed by atoms with E-state index in [9.17, 15) is 14.7 Å². The Kier molecular flexibility index (Phi) is 6.40. The summed E-state index contributed by atoms with van der Waals surface area (Å²) in [6.07, 6.45) is 6.67. The third kappa shape index (κ3) is 7.35. The van der Waals surface area contributed by atoms with E-state index in [4.69, 9.17) is 11.2 Å². The number of amides is 1. The Labute approximate surface area is 114 Å². The maximum absolute atomic E-state index is 11.6. The zero-order valence-electron chi connectivity index (χ0n) is 12.1. The highest BCUT2D eigenvalue weighted by Crippen LogP contribution is 2.17. The van der Waals surface area contributed by atoms with Crippen LogP contribution in [0.1, 0.15) is 53.4 Å². The van der Waals surface area contributed by atoms with E-state index in [0.29, 0.717) is 19.3 Å². The van der Waals surface area contributed by atoms with Gasteiger partial charge in [0.2, 0.25) is 0 Å². The molecule has 0 spiro atoms. The molecule has 0 fully saturated rings. The number of aliphatic carboxylic acids is 1. The first-order valence-electron chi connectivity index (χ1n) is 6.29. The Morgan fingerprint density at radius 2 is 1.84 bits per heavy atom. The van der Waals surface area contributed by atoms with Crippen LogP contribution in [0.15, 0.2) is 0 Å². The number of hydrogen-bond acceptors (Lipinski definition) is 3. The summed E-state index contributed by atoms with van der Waals surface area (Å²) in [7, 11) is 0. The zero-order chi connectivity index (χ0) is 15.1. The van der Waals surface area contributed by atoms with Crippen LogP contribution in [0.4, 0.5) is 4.79 Å². The van der Waals surface area contributed by atoms with Crippen LogP contribution in [0, 0.1) is 12.3 Å². The second-order valence-electron chi connectivity index (χ2n) is 5.68. The number of hydrogen-bond donors (Lipinski definition) is 2. The number of ether oxygens (including phenoxy) is 1. The van der Waals surface area contributed by atoms with Crippen molar-refractivity contribution in [3.05, 3.63) is 0 Å². The molecule has 1 atom stereocenters. The first-order valence-corrected chi connectivity index (χ1v) is 6.29. The van der Waals surface area contributed by atoms with Gasteiger partial charge in [-0.1, -0.05) is 0 Å². The van der Waals surface area contributed by atoms with Gasteiger partial charge < -0.3 is 15.2 Å². The molecular formula is C14H23NO4. The Morgan fingerprint density at radius 3 is 2.26 bits per heavy atom. The van der Waals surface area contributed by atoms with Crippen molar-refractivity contribution in [1.29, 1.82) is 0 Å². The van der Waals surface area contributed by atoms with Gasteiger partial charge in [-0.15, -0.1) is 12.3 Å². The lowest BCUT2D eigenvalue weighted by Crippen LogP contribution is -2.53. The smallest absolute Gasteiger partial charge is 0.408 e. The monoisotopic (exact) mass is 269 g/mol. The largest absolute Gasteiger partial charge is 0.480 e. The molecule has 19 heavy (non-hydrogen) atoms. The maximum Gasteiger partial charge on any atom is 0.408 e. The summed E-state index contributed by atoms with van der Waals surface area (Å²) in [4.78, 5) is 22.9. The Morgan fingerprint density at radius 1 is 1.26 bits per heavy atom. The molecule has 5 heteroatoms. The quantitative estimate of drug-likeness (QED) is 0.574. The molecule has 0 aromatic heterocycles. The van der Waals surface area contributed by atoms with E-state index >= 15 is 0 Å². The van der Waals surface area contributed by atoms with Gasteiger partial charge in [-0.05, 0) is 47.0 Å². The minimum atomic E-state index is -1.34. The highest BCUT2D eigenvalue weighted by atomic mass is 16.6. The Balaban J connectivity index is 4.51. The van der Waals surface area contributed by atoms with E-state index < -0.39 is 23.2 Å². The standard InChI is InChI=1S/C14H23NO4/c1-6-7-8-9-10-14(5,11(16)17)15-12(18)19-13(2,3)4/h1H,7-10H2,2-5H3,(H,15,18)(H,16,17)/t14-/m1/s1. The van der Waals surface area contributed by atoms with Crippen LogP contribution in [0.5, 0.6) is 0 Å². The second-order valence-corrected chi connectivity index (χ2v) is 5.68. The molecular weight excluding hydrogens is 246 g/mol. The van der Waals surface area contributed by atoms with Crippen molar-refractivity contribution in [1.82, 2.24) is 5.32 Å².